The number of benzene rings is 1. The maximum Gasteiger partial charge on any atom is 0.356 e. The van der Waals surface area contributed by atoms with Crippen molar-refractivity contribution >= 4 is 28.5 Å². The minimum absolute atomic E-state index is 0.248. The third-order valence-corrected chi connectivity index (χ3v) is 3.38. The third-order valence-electron chi connectivity index (χ3n) is 3.17. The Labute approximate surface area is 132 Å². The standard InChI is InChI=1S/C16H12ClN3O2/c1-22-16(21)14-4-5-18-15(20-14)7-10-2-3-13-11(6-10)8-12(17)9-19-13/h2-6,8-9H,7H2,1H3. The molecular weight excluding hydrogens is 302 g/mol. The van der Waals surface area contributed by atoms with E-state index in [0.717, 1.165) is 16.5 Å². The van der Waals surface area contributed by atoms with Crippen molar-refractivity contribution in [1.29, 1.82) is 0 Å². The zero-order chi connectivity index (χ0) is 15.5. The Bertz CT molecular complexity index is 852. The molecule has 0 unspecified atom stereocenters. The molecule has 0 saturated heterocycles. The molecule has 6 heteroatoms. The first-order valence-corrected chi connectivity index (χ1v) is 6.98. The smallest absolute Gasteiger partial charge is 0.356 e. The second-order valence-electron chi connectivity index (χ2n) is 4.71. The van der Waals surface area contributed by atoms with Gasteiger partial charge in [-0.3, -0.25) is 4.98 Å². The van der Waals surface area contributed by atoms with E-state index < -0.39 is 5.97 Å². The molecule has 0 aliphatic rings. The fourth-order valence-electron chi connectivity index (χ4n) is 2.15. The van der Waals surface area contributed by atoms with Crippen molar-refractivity contribution in [2.75, 3.05) is 7.11 Å². The summed E-state index contributed by atoms with van der Waals surface area (Å²) in [7, 11) is 1.32. The summed E-state index contributed by atoms with van der Waals surface area (Å²) < 4.78 is 4.66. The van der Waals surface area contributed by atoms with Gasteiger partial charge in [-0.1, -0.05) is 17.7 Å². The Morgan fingerprint density at radius 3 is 2.91 bits per heavy atom. The number of pyridine rings is 1. The van der Waals surface area contributed by atoms with Gasteiger partial charge in [0.05, 0.1) is 17.6 Å². The van der Waals surface area contributed by atoms with Crippen molar-refractivity contribution in [3.63, 3.8) is 0 Å². The van der Waals surface area contributed by atoms with Crippen LogP contribution in [0.2, 0.25) is 5.02 Å². The van der Waals surface area contributed by atoms with Crippen molar-refractivity contribution in [2.45, 2.75) is 6.42 Å². The van der Waals surface area contributed by atoms with Crippen LogP contribution in [0, 0.1) is 0 Å². The largest absolute Gasteiger partial charge is 0.464 e. The second kappa shape index (κ2) is 6.07. The Morgan fingerprint density at radius 2 is 2.09 bits per heavy atom. The molecule has 0 radical (unpaired) electrons. The molecule has 0 aliphatic heterocycles. The molecule has 2 aromatic heterocycles. The summed E-state index contributed by atoms with van der Waals surface area (Å²) in [6.45, 7) is 0. The molecule has 0 atom stereocenters. The number of carbonyl (C=O) groups excluding carboxylic acids is 1. The number of esters is 1. The lowest BCUT2D eigenvalue weighted by Crippen LogP contribution is -2.07. The molecule has 0 amide bonds. The number of aromatic nitrogens is 3. The van der Waals surface area contributed by atoms with Gasteiger partial charge in [-0.2, -0.15) is 0 Å². The van der Waals surface area contributed by atoms with Gasteiger partial charge in [0.15, 0.2) is 5.69 Å². The lowest BCUT2D eigenvalue weighted by Gasteiger charge is -2.04. The average Bonchev–Trinajstić information content (AvgIpc) is 2.54. The average molecular weight is 314 g/mol. The Balaban J connectivity index is 1.91. The maximum atomic E-state index is 11.5. The summed E-state index contributed by atoms with van der Waals surface area (Å²) in [6.07, 6.45) is 3.67. The second-order valence-corrected chi connectivity index (χ2v) is 5.14. The van der Waals surface area contributed by atoms with E-state index in [1.165, 1.54) is 13.2 Å². The van der Waals surface area contributed by atoms with E-state index in [9.17, 15) is 4.79 Å². The molecule has 0 aliphatic carbocycles. The van der Waals surface area contributed by atoms with Crippen LogP contribution in [0.5, 0.6) is 0 Å². The van der Waals surface area contributed by atoms with Crippen molar-refractivity contribution in [1.82, 2.24) is 15.0 Å². The van der Waals surface area contributed by atoms with E-state index in [0.29, 0.717) is 17.3 Å². The molecule has 3 rings (SSSR count). The fourth-order valence-corrected chi connectivity index (χ4v) is 2.32. The number of halogens is 1. The van der Waals surface area contributed by atoms with Crippen molar-refractivity contribution in [2.24, 2.45) is 0 Å². The van der Waals surface area contributed by atoms with Crippen LogP contribution < -0.4 is 0 Å². The summed E-state index contributed by atoms with van der Waals surface area (Å²) in [5.74, 6) is 0.0791. The summed E-state index contributed by atoms with van der Waals surface area (Å²) in [6, 6.07) is 9.25. The Morgan fingerprint density at radius 1 is 1.23 bits per heavy atom. The van der Waals surface area contributed by atoms with E-state index >= 15 is 0 Å². The van der Waals surface area contributed by atoms with Crippen molar-refractivity contribution in [3.8, 4) is 0 Å². The summed E-state index contributed by atoms with van der Waals surface area (Å²) in [4.78, 5) is 24.1. The van der Waals surface area contributed by atoms with Gasteiger partial charge in [0.25, 0.3) is 0 Å². The first-order chi connectivity index (χ1) is 10.7. The molecular formula is C16H12ClN3O2. The molecule has 0 N–H and O–H groups in total. The van der Waals surface area contributed by atoms with Crippen LogP contribution in [0.3, 0.4) is 0 Å². The van der Waals surface area contributed by atoms with Crippen LogP contribution in [0.1, 0.15) is 21.9 Å². The normalized spacial score (nSPS) is 10.6. The minimum Gasteiger partial charge on any atom is -0.464 e. The Kier molecular flexibility index (Phi) is 3.98. The van der Waals surface area contributed by atoms with E-state index in [1.54, 1.807) is 12.4 Å². The Hall–Kier alpha value is -2.53. The van der Waals surface area contributed by atoms with Gasteiger partial charge < -0.3 is 4.74 Å². The van der Waals surface area contributed by atoms with Gasteiger partial charge in [-0.05, 0) is 29.8 Å². The molecule has 0 bridgehead atoms. The van der Waals surface area contributed by atoms with E-state index in [1.807, 2.05) is 24.3 Å². The quantitative estimate of drug-likeness (QED) is 0.695. The summed E-state index contributed by atoms with van der Waals surface area (Å²) in [5.41, 5.74) is 2.13. The predicted molar refractivity (Wildman–Crippen MR) is 82.9 cm³/mol. The van der Waals surface area contributed by atoms with Crippen molar-refractivity contribution in [3.05, 3.63) is 64.8 Å². The predicted octanol–water partition coefficient (Wildman–Crippen LogP) is 3.06. The fraction of sp³-hybridized carbons (Fsp3) is 0.125. The van der Waals surface area contributed by atoms with Crippen LogP contribution in [0.15, 0.2) is 42.7 Å². The van der Waals surface area contributed by atoms with E-state index in [-0.39, 0.29) is 5.69 Å². The highest BCUT2D eigenvalue weighted by molar-refractivity contribution is 6.31. The molecule has 22 heavy (non-hydrogen) atoms. The first-order valence-electron chi connectivity index (χ1n) is 6.60. The number of hydrogen-bond donors (Lipinski definition) is 0. The highest BCUT2D eigenvalue weighted by atomic mass is 35.5. The number of rotatable bonds is 3. The van der Waals surface area contributed by atoms with Crippen molar-refractivity contribution < 1.29 is 9.53 Å². The zero-order valence-electron chi connectivity index (χ0n) is 11.8. The molecule has 3 aromatic rings. The van der Waals surface area contributed by atoms with Gasteiger partial charge in [-0.25, -0.2) is 14.8 Å². The number of methoxy groups -OCH3 is 1. The topological polar surface area (TPSA) is 65.0 Å². The zero-order valence-corrected chi connectivity index (χ0v) is 12.5. The minimum atomic E-state index is -0.474. The molecule has 5 nitrogen and oxygen atoms in total. The number of fused-ring (bicyclic) bond motifs is 1. The molecule has 0 fully saturated rings. The first kappa shape index (κ1) is 14.4. The monoisotopic (exact) mass is 313 g/mol. The van der Waals surface area contributed by atoms with E-state index in [2.05, 4.69) is 19.7 Å². The van der Waals surface area contributed by atoms with Crippen LogP contribution in [0.25, 0.3) is 10.9 Å². The van der Waals surface area contributed by atoms with Crippen LogP contribution >= 0.6 is 11.6 Å². The number of hydrogen-bond acceptors (Lipinski definition) is 5. The van der Waals surface area contributed by atoms with Gasteiger partial charge in [0, 0.05) is 24.2 Å². The van der Waals surface area contributed by atoms with Crippen LogP contribution in [-0.2, 0) is 11.2 Å². The van der Waals surface area contributed by atoms with Gasteiger partial charge in [0.2, 0.25) is 0 Å². The maximum absolute atomic E-state index is 11.5. The van der Waals surface area contributed by atoms with Gasteiger partial charge in [-0.15, -0.1) is 0 Å². The molecule has 110 valence electrons. The van der Waals surface area contributed by atoms with E-state index in [4.69, 9.17) is 11.6 Å². The molecule has 0 spiro atoms. The molecule has 2 heterocycles. The lowest BCUT2D eigenvalue weighted by atomic mass is 10.1. The van der Waals surface area contributed by atoms with Crippen LogP contribution in [-0.4, -0.2) is 28.0 Å². The summed E-state index contributed by atoms with van der Waals surface area (Å²) in [5, 5.41) is 1.54. The van der Waals surface area contributed by atoms with Gasteiger partial charge in [0.1, 0.15) is 5.82 Å². The summed E-state index contributed by atoms with van der Waals surface area (Å²) >= 11 is 5.96. The molecule has 1 aromatic carbocycles. The highest BCUT2D eigenvalue weighted by Crippen LogP contribution is 2.19. The highest BCUT2D eigenvalue weighted by Gasteiger charge is 2.09. The number of nitrogens with zero attached hydrogens (tertiary/aromatic N) is 3. The SMILES string of the molecule is COC(=O)c1ccnc(Cc2ccc3ncc(Cl)cc3c2)n1. The molecule has 0 saturated carbocycles. The van der Waals surface area contributed by atoms with Gasteiger partial charge >= 0.3 is 5.97 Å². The number of ether oxygens (including phenoxy) is 1. The van der Waals surface area contributed by atoms with Crippen LogP contribution in [0.4, 0.5) is 0 Å². The lowest BCUT2D eigenvalue weighted by molar-refractivity contribution is 0.0593. The number of carbonyl (C=O) groups is 1. The third kappa shape index (κ3) is 3.04.